The highest BCUT2D eigenvalue weighted by Gasteiger charge is 2.05. The highest BCUT2D eigenvalue weighted by Crippen LogP contribution is 2.04. The number of oxime groups is 1. The van der Waals surface area contributed by atoms with Gasteiger partial charge < -0.3 is 16.3 Å². The van der Waals surface area contributed by atoms with Crippen LogP contribution >= 0.6 is 0 Å². The lowest BCUT2D eigenvalue weighted by molar-refractivity contribution is 0.318. The van der Waals surface area contributed by atoms with Crippen LogP contribution in [0, 0.1) is 0 Å². The predicted octanol–water partition coefficient (Wildman–Crippen LogP) is 1.03. The molecular weight excluding hydrogens is 262 g/mol. The third-order valence-corrected chi connectivity index (χ3v) is 4.35. The summed E-state index contributed by atoms with van der Waals surface area (Å²) in [5, 5.41) is 15.0. The van der Waals surface area contributed by atoms with Crippen molar-refractivity contribution in [3.05, 3.63) is 35.4 Å². The van der Waals surface area contributed by atoms with E-state index in [0.717, 1.165) is 25.1 Å². The molecule has 0 radical (unpaired) electrons. The van der Waals surface area contributed by atoms with Crippen molar-refractivity contribution in [2.45, 2.75) is 25.1 Å². The molecule has 0 aliphatic rings. The molecule has 0 aliphatic carbocycles. The van der Waals surface area contributed by atoms with E-state index in [4.69, 9.17) is 10.9 Å². The van der Waals surface area contributed by atoms with Crippen LogP contribution in [0.4, 0.5) is 0 Å². The molecule has 0 spiro atoms. The van der Waals surface area contributed by atoms with E-state index in [-0.39, 0.29) is 11.1 Å². The summed E-state index contributed by atoms with van der Waals surface area (Å²) in [4.78, 5) is 0. The van der Waals surface area contributed by atoms with Gasteiger partial charge in [0.15, 0.2) is 5.84 Å². The van der Waals surface area contributed by atoms with Gasteiger partial charge in [-0.25, -0.2) is 0 Å². The standard InChI is InChI=1S/C13H21N3O2S/c1-10(19(2)18)7-8-15-9-11-3-5-12(6-4-11)13(14)16-17/h3-6,10,15,17H,7-9H2,1-2H3,(H2,14,16). The number of rotatable bonds is 7. The predicted molar refractivity (Wildman–Crippen MR) is 78.8 cm³/mol. The molecule has 1 rings (SSSR count). The summed E-state index contributed by atoms with van der Waals surface area (Å²) in [6.07, 6.45) is 2.63. The van der Waals surface area contributed by atoms with Crippen molar-refractivity contribution < 1.29 is 9.42 Å². The topological polar surface area (TPSA) is 87.7 Å². The molecule has 0 saturated carbocycles. The first-order valence-electron chi connectivity index (χ1n) is 6.14. The van der Waals surface area contributed by atoms with Gasteiger partial charge in [0.25, 0.3) is 0 Å². The fourth-order valence-corrected chi connectivity index (χ4v) is 2.00. The van der Waals surface area contributed by atoms with Crippen LogP contribution in [0.25, 0.3) is 0 Å². The monoisotopic (exact) mass is 283 g/mol. The lowest BCUT2D eigenvalue weighted by Crippen LogP contribution is -2.21. The largest absolute Gasteiger partial charge is 0.409 e. The lowest BCUT2D eigenvalue weighted by Gasteiger charge is -2.09. The molecule has 0 saturated heterocycles. The Bertz CT molecular complexity index is 446. The molecule has 106 valence electrons. The maximum atomic E-state index is 11.2. The van der Waals surface area contributed by atoms with Crippen molar-refractivity contribution >= 4 is 16.6 Å². The van der Waals surface area contributed by atoms with Gasteiger partial charge in [0, 0.05) is 34.4 Å². The van der Waals surface area contributed by atoms with Gasteiger partial charge in [-0.05, 0) is 18.5 Å². The highest BCUT2D eigenvalue weighted by molar-refractivity contribution is 7.84. The number of benzene rings is 1. The Balaban J connectivity index is 2.36. The Labute approximate surface area is 116 Å². The summed E-state index contributed by atoms with van der Waals surface area (Å²) in [5.74, 6) is 0.110. The van der Waals surface area contributed by atoms with E-state index in [9.17, 15) is 4.21 Å². The normalized spacial score (nSPS) is 15.2. The molecule has 0 fully saturated rings. The fraction of sp³-hybridized carbons (Fsp3) is 0.462. The Morgan fingerprint density at radius 2 is 2.11 bits per heavy atom. The Morgan fingerprint density at radius 1 is 1.47 bits per heavy atom. The van der Waals surface area contributed by atoms with Crippen LogP contribution in [0.15, 0.2) is 29.4 Å². The molecule has 5 nitrogen and oxygen atoms in total. The van der Waals surface area contributed by atoms with Crippen molar-refractivity contribution in [3.8, 4) is 0 Å². The van der Waals surface area contributed by atoms with Crippen molar-refractivity contribution in [2.75, 3.05) is 12.8 Å². The molecule has 0 aliphatic heterocycles. The fourth-order valence-electron chi connectivity index (χ4n) is 1.56. The molecule has 2 atom stereocenters. The van der Waals surface area contributed by atoms with Gasteiger partial charge in [-0.1, -0.05) is 36.3 Å². The van der Waals surface area contributed by atoms with Crippen LogP contribution in [-0.2, 0) is 17.3 Å². The van der Waals surface area contributed by atoms with Gasteiger partial charge in [-0.3, -0.25) is 4.21 Å². The number of nitrogens with zero attached hydrogens (tertiary/aromatic N) is 1. The van der Waals surface area contributed by atoms with Gasteiger partial charge in [0.05, 0.1) is 0 Å². The first-order chi connectivity index (χ1) is 9.04. The van der Waals surface area contributed by atoms with Crippen molar-refractivity contribution in [1.29, 1.82) is 0 Å². The van der Waals surface area contributed by atoms with Crippen LogP contribution in [0.3, 0.4) is 0 Å². The van der Waals surface area contributed by atoms with Crippen LogP contribution in [0.5, 0.6) is 0 Å². The van der Waals surface area contributed by atoms with Gasteiger partial charge in [0.1, 0.15) is 0 Å². The number of nitrogens with two attached hydrogens (primary N) is 1. The van der Waals surface area contributed by atoms with E-state index < -0.39 is 10.8 Å². The summed E-state index contributed by atoms with van der Waals surface area (Å²) in [6.45, 7) is 3.58. The SMILES string of the molecule is CC(CCNCc1ccc(/C(N)=N/O)cc1)S(C)=O. The quantitative estimate of drug-likeness (QED) is 0.229. The Kier molecular flexibility index (Phi) is 6.52. The van der Waals surface area contributed by atoms with E-state index in [1.165, 1.54) is 0 Å². The molecular formula is C13H21N3O2S. The lowest BCUT2D eigenvalue weighted by atomic mass is 10.1. The zero-order chi connectivity index (χ0) is 14.3. The van der Waals surface area contributed by atoms with Crippen molar-refractivity contribution in [2.24, 2.45) is 10.9 Å². The number of hydrogen-bond donors (Lipinski definition) is 3. The Hall–Kier alpha value is -1.40. The summed E-state index contributed by atoms with van der Waals surface area (Å²) in [6, 6.07) is 7.50. The van der Waals surface area contributed by atoms with Crippen molar-refractivity contribution in [3.63, 3.8) is 0 Å². The molecule has 0 aromatic heterocycles. The third kappa shape index (κ3) is 5.40. The molecule has 1 aromatic carbocycles. The minimum Gasteiger partial charge on any atom is -0.409 e. The highest BCUT2D eigenvalue weighted by atomic mass is 32.2. The molecule has 1 aromatic rings. The van der Waals surface area contributed by atoms with Gasteiger partial charge in [0.2, 0.25) is 0 Å². The minimum atomic E-state index is -0.759. The van der Waals surface area contributed by atoms with E-state index in [2.05, 4.69) is 10.5 Å². The smallest absolute Gasteiger partial charge is 0.170 e. The molecule has 4 N–H and O–H groups in total. The number of nitrogens with one attached hydrogen (secondary N) is 1. The van der Waals surface area contributed by atoms with E-state index in [0.29, 0.717) is 5.56 Å². The average Bonchev–Trinajstić information content (AvgIpc) is 2.43. The first-order valence-corrected chi connectivity index (χ1v) is 7.76. The van der Waals surface area contributed by atoms with Crippen LogP contribution in [0.2, 0.25) is 0 Å². The van der Waals surface area contributed by atoms with Crippen LogP contribution in [0.1, 0.15) is 24.5 Å². The molecule has 0 heterocycles. The van der Waals surface area contributed by atoms with Crippen molar-refractivity contribution in [1.82, 2.24) is 5.32 Å². The number of amidine groups is 1. The molecule has 0 bridgehead atoms. The van der Waals surface area contributed by atoms with Crippen LogP contribution in [-0.4, -0.2) is 33.3 Å². The van der Waals surface area contributed by atoms with Gasteiger partial charge >= 0.3 is 0 Å². The maximum absolute atomic E-state index is 11.2. The second-order valence-electron chi connectivity index (χ2n) is 4.46. The molecule has 2 unspecified atom stereocenters. The third-order valence-electron chi connectivity index (χ3n) is 2.98. The summed E-state index contributed by atoms with van der Waals surface area (Å²) in [5.41, 5.74) is 7.30. The Morgan fingerprint density at radius 3 is 2.63 bits per heavy atom. The zero-order valence-electron chi connectivity index (χ0n) is 11.3. The average molecular weight is 283 g/mol. The van der Waals surface area contributed by atoms with Gasteiger partial charge in [-0.15, -0.1) is 0 Å². The number of hydrogen-bond acceptors (Lipinski definition) is 4. The van der Waals surface area contributed by atoms with Crippen LogP contribution < -0.4 is 11.1 Å². The summed E-state index contributed by atoms with van der Waals surface area (Å²) >= 11 is 0. The minimum absolute atomic E-state index is 0.110. The second-order valence-corrected chi connectivity index (χ2v) is 6.26. The van der Waals surface area contributed by atoms with E-state index >= 15 is 0 Å². The van der Waals surface area contributed by atoms with Gasteiger partial charge in [-0.2, -0.15) is 0 Å². The second kappa shape index (κ2) is 7.91. The maximum Gasteiger partial charge on any atom is 0.170 e. The first kappa shape index (κ1) is 15.7. The molecule has 0 amide bonds. The zero-order valence-corrected chi connectivity index (χ0v) is 12.1. The summed E-state index contributed by atoms with van der Waals surface area (Å²) in [7, 11) is -0.759. The van der Waals surface area contributed by atoms with E-state index in [1.807, 2.05) is 31.2 Å². The molecule has 6 heteroatoms. The summed E-state index contributed by atoms with van der Waals surface area (Å²) < 4.78 is 11.2. The molecule has 19 heavy (non-hydrogen) atoms. The van der Waals surface area contributed by atoms with E-state index in [1.54, 1.807) is 6.26 Å².